The Morgan fingerprint density at radius 2 is 2.00 bits per heavy atom. The first-order chi connectivity index (χ1) is 13.6. The standard InChI is InChI=1S/C21H22BrN3O3/c22-16-6-4-14(5-7-16)19-13-25(10-11-28-19)21(27)23-17-8-9-18-15(12-17)2-1-3-20(26)24-18/h4-9,12,19H,1-3,10-11,13H2,(H,23,27)(H,24,26). The first-order valence-electron chi connectivity index (χ1n) is 9.44. The van der Waals surface area contributed by atoms with E-state index in [1.807, 2.05) is 42.5 Å². The predicted molar refractivity (Wildman–Crippen MR) is 111 cm³/mol. The predicted octanol–water partition coefficient (Wildman–Crippen LogP) is 4.33. The number of carbonyl (C=O) groups excluding carboxylic acids is 2. The van der Waals surface area contributed by atoms with Crippen molar-refractivity contribution in [2.75, 3.05) is 30.3 Å². The van der Waals surface area contributed by atoms with Gasteiger partial charge >= 0.3 is 6.03 Å². The monoisotopic (exact) mass is 443 g/mol. The number of urea groups is 1. The number of nitrogens with zero attached hydrogens (tertiary/aromatic N) is 1. The molecule has 0 aliphatic carbocycles. The van der Waals surface area contributed by atoms with Crippen LogP contribution in [0.5, 0.6) is 0 Å². The number of nitrogens with one attached hydrogen (secondary N) is 2. The number of fused-ring (bicyclic) bond motifs is 1. The van der Waals surface area contributed by atoms with Gasteiger partial charge in [-0.15, -0.1) is 0 Å². The summed E-state index contributed by atoms with van der Waals surface area (Å²) in [6.07, 6.45) is 2.03. The zero-order valence-corrected chi connectivity index (χ0v) is 17.0. The summed E-state index contributed by atoms with van der Waals surface area (Å²) >= 11 is 3.44. The van der Waals surface area contributed by atoms with Crippen molar-refractivity contribution in [3.8, 4) is 0 Å². The molecule has 2 N–H and O–H groups in total. The zero-order valence-electron chi connectivity index (χ0n) is 15.4. The molecular weight excluding hydrogens is 422 g/mol. The number of halogens is 1. The third-order valence-electron chi connectivity index (χ3n) is 5.08. The fourth-order valence-corrected chi connectivity index (χ4v) is 3.83. The maximum Gasteiger partial charge on any atom is 0.322 e. The van der Waals surface area contributed by atoms with E-state index in [9.17, 15) is 9.59 Å². The Morgan fingerprint density at radius 3 is 2.82 bits per heavy atom. The van der Waals surface area contributed by atoms with Crippen LogP contribution in [0.15, 0.2) is 46.9 Å². The second kappa shape index (κ2) is 8.32. The van der Waals surface area contributed by atoms with E-state index in [0.29, 0.717) is 26.1 Å². The lowest BCUT2D eigenvalue weighted by molar-refractivity contribution is -0.116. The third-order valence-corrected chi connectivity index (χ3v) is 5.60. The highest BCUT2D eigenvalue weighted by atomic mass is 79.9. The summed E-state index contributed by atoms with van der Waals surface area (Å²) < 4.78 is 6.87. The maximum absolute atomic E-state index is 12.8. The van der Waals surface area contributed by atoms with E-state index in [1.165, 1.54) is 0 Å². The summed E-state index contributed by atoms with van der Waals surface area (Å²) in [7, 11) is 0. The molecule has 28 heavy (non-hydrogen) atoms. The highest BCUT2D eigenvalue weighted by molar-refractivity contribution is 9.10. The van der Waals surface area contributed by atoms with E-state index in [-0.39, 0.29) is 18.0 Å². The van der Waals surface area contributed by atoms with E-state index >= 15 is 0 Å². The summed E-state index contributed by atoms with van der Waals surface area (Å²) in [5.41, 5.74) is 3.69. The number of hydrogen-bond donors (Lipinski definition) is 2. The molecular formula is C21H22BrN3O3. The largest absolute Gasteiger partial charge is 0.370 e. The van der Waals surface area contributed by atoms with Crippen LogP contribution in [-0.4, -0.2) is 36.5 Å². The Bertz CT molecular complexity index is 885. The molecule has 2 heterocycles. The molecule has 7 heteroatoms. The molecule has 146 valence electrons. The quantitative estimate of drug-likeness (QED) is 0.725. The van der Waals surface area contributed by atoms with Gasteiger partial charge in [0.05, 0.1) is 13.2 Å². The molecule has 0 bridgehead atoms. The summed E-state index contributed by atoms with van der Waals surface area (Å²) in [5.74, 6) is 0.0443. The Hall–Kier alpha value is -2.38. The second-order valence-electron chi connectivity index (χ2n) is 7.06. The normalized spacial score (nSPS) is 19.4. The Morgan fingerprint density at radius 1 is 1.18 bits per heavy atom. The lowest BCUT2D eigenvalue weighted by Gasteiger charge is -2.33. The van der Waals surface area contributed by atoms with Gasteiger partial charge in [0.15, 0.2) is 0 Å². The highest BCUT2D eigenvalue weighted by Crippen LogP contribution is 2.27. The van der Waals surface area contributed by atoms with Gasteiger partial charge in [-0.2, -0.15) is 0 Å². The Balaban J connectivity index is 1.42. The van der Waals surface area contributed by atoms with Gasteiger partial charge in [0, 0.05) is 28.8 Å². The number of carbonyl (C=O) groups is 2. The summed E-state index contributed by atoms with van der Waals surface area (Å²) in [5, 5.41) is 5.90. The van der Waals surface area contributed by atoms with Crippen molar-refractivity contribution in [2.45, 2.75) is 25.4 Å². The van der Waals surface area contributed by atoms with Gasteiger partial charge in [-0.1, -0.05) is 28.1 Å². The van der Waals surface area contributed by atoms with Crippen molar-refractivity contribution in [3.63, 3.8) is 0 Å². The van der Waals surface area contributed by atoms with Crippen molar-refractivity contribution in [2.24, 2.45) is 0 Å². The van der Waals surface area contributed by atoms with Crippen molar-refractivity contribution >= 4 is 39.2 Å². The zero-order chi connectivity index (χ0) is 19.5. The van der Waals surface area contributed by atoms with Gasteiger partial charge in [-0.05, 0) is 54.3 Å². The number of amides is 3. The SMILES string of the molecule is O=C1CCCc2cc(NC(=O)N3CCOC(c4ccc(Br)cc4)C3)ccc2N1. The number of ether oxygens (including phenoxy) is 1. The number of anilines is 2. The number of rotatable bonds is 2. The summed E-state index contributed by atoms with van der Waals surface area (Å²) in [4.78, 5) is 26.2. The average Bonchev–Trinajstić information content (AvgIpc) is 2.89. The molecule has 2 aliphatic heterocycles. The molecule has 0 spiro atoms. The van der Waals surface area contributed by atoms with Crippen LogP contribution in [0.4, 0.5) is 16.2 Å². The molecule has 2 aromatic rings. The van der Waals surface area contributed by atoms with Gasteiger partial charge in [0.1, 0.15) is 6.10 Å². The summed E-state index contributed by atoms with van der Waals surface area (Å²) in [6.45, 7) is 1.57. The molecule has 6 nitrogen and oxygen atoms in total. The van der Waals surface area contributed by atoms with Crippen molar-refractivity contribution in [1.29, 1.82) is 0 Å². The molecule has 1 fully saturated rings. The molecule has 0 radical (unpaired) electrons. The van der Waals surface area contributed by atoms with Gasteiger partial charge in [0.2, 0.25) is 5.91 Å². The van der Waals surface area contributed by atoms with E-state index in [0.717, 1.165) is 39.8 Å². The van der Waals surface area contributed by atoms with E-state index in [1.54, 1.807) is 4.90 Å². The van der Waals surface area contributed by atoms with Crippen LogP contribution < -0.4 is 10.6 Å². The molecule has 0 saturated carbocycles. The number of hydrogen-bond acceptors (Lipinski definition) is 3. The van der Waals surface area contributed by atoms with Crippen LogP contribution in [-0.2, 0) is 16.0 Å². The lowest BCUT2D eigenvalue weighted by Crippen LogP contribution is -2.44. The first-order valence-corrected chi connectivity index (χ1v) is 10.2. The topological polar surface area (TPSA) is 70.7 Å². The number of aryl methyl sites for hydroxylation is 1. The highest BCUT2D eigenvalue weighted by Gasteiger charge is 2.25. The minimum Gasteiger partial charge on any atom is -0.370 e. The Kier molecular flexibility index (Phi) is 5.64. The fraction of sp³-hybridized carbons (Fsp3) is 0.333. The van der Waals surface area contributed by atoms with Crippen molar-refractivity contribution in [3.05, 3.63) is 58.1 Å². The van der Waals surface area contributed by atoms with Gasteiger partial charge < -0.3 is 20.3 Å². The average molecular weight is 444 g/mol. The molecule has 1 unspecified atom stereocenters. The van der Waals surface area contributed by atoms with Crippen molar-refractivity contribution in [1.82, 2.24) is 4.90 Å². The Labute approximate surface area is 172 Å². The van der Waals surface area contributed by atoms with Gasteiger partial charge in [-0.3, -0.25) is 4.79 Å². The van der Waals surface area contributed by atoms with Crippen LogP contribution in [0.25, 0.3) is 0 Å². The van der Waals surface area contributed by atoms with Crippen molar-refractivity contribution < 1.29 is 14.3 Å². The smallest absolute Gasteiger partial charge is 0.322 e. The minimum absolute atomic E-state index is 0.0443. The first kappa shape index (κ1) is 19.0. The lowest BCUT2D eigenvalue weighted by atomic mass is 10.1. The second-order valence-corrected chi connectivity index (χ2v) is 7.98. The van der Waals surface area contributed by atoms with Crippen LogP contribution in [0, 0.1) is 0 Å². The minimum atomic E-state index is -0.136. The number of benzene rings is 2. The van der Waals surface area contributed by atoms with E-state index < -0.39 is 0 Å². The van der Waals surface area contributed by atoms with E-state index in [2.05, 4.69) is 26.6 Å². The molecule has 2 aliphatic rings. The molecule has 2 aromatic carbocycles. The molecule has 4 rings (SSSR count). The molecule has 0 aromatic heterocycles. The number of morpholine rings is 1. The molecule has 1 saturated heterocycles. The van der Waals surface area contributed by atoms with Crippen LogP contribution in [0.2, 0.25) is 0 Å². The van der Waals surface area contributed by atoms with Crippen LogP contribution >= 0.6 is 15.9 Å². The molecule has 1 atom stereocenters. The summed E-state index contributed by atoms with van der Waals surface area (Å²) in [6, 6.07) is 13.5. The molecule has 3 amide bonds. The maximum atomic E-state index is 12.8. The van der Waals surface area contributed by atoms with E-state index in [4.69, 9.17) is 4.74 Å². The fourth-order valence-electron chi connectivity index (χ4n) is 3.57. The van der Waals surface area contributed by atoms with Crippen LogP contribution in [0.1, 0.15) is 30.1 Å². The van der Waals surface area contributed by atoms with Crippen LogP contribution in [0.3, 0.4) is 0 Å². The third kappa shape index (κ3) is 4.36. The van der Waals surface area contributed by atoms with Gasteiger partial charge in [0.25, 0.3) is 0 Å². The van der Waals surface area contributed by atoms with Gasteiger partial charge in [-0.25, -0.2) is 4.79 Å².